The Morgan fingerprint density at radius 1 is 1.15 bits per heavy atom. The normalized spacial score (nSPS) is 19.7. The third-order valence-electron chi connectivity index (χ3n) is 5.22. The Bertz CT molecular complexity index is 930. The molecular formula is C20H22N2O5. The van der Waals surface area contributed by atoms with Crippen molar-refractivity contribution in [1.82, 2.24) is 9.47 Å². The molecule has 1 aromatic heterocycles. The number of ether oxygens (including phenoxy) is 2. The summed E-state index contributed by atoms with van der Waals surface area (Å²) in [5, 5.41) is 10.5. The van der Waals surface area contributed by atoms with E-state index >= 15 is 0 Å². The summed E-state index contributed by atoms with van der Waals surface area (Å²) in [7, 11) is 0. The Kier molecular flexibility index (Phi) is 4.72. The molecule has 0 saturated carbocycles. The number of aryl methyl sites for hydroxylation is 1. The molecule has 1 unspecified atom stereocenters. The Balaban J connectivity index is 1.68. The van der Waals surface area contributed by atoms with E-state index in [1.54, 1.807) is 41.8 Å². The molecule has 0 amide bonds. The van der Waals surface area contributed by atoms with E-state index in [0.717, 1.165) is 19.6 Å². The highest BCUT2D eigenvalue weighted by molar-refractivity contribution is 5.94. The molecule has 1 fully saturated rings. The maximum absolute atomic E-state index is 13.2. The predicted molar refractivity (Wildman–Crippen MR) is 98.1 cm³/mol. The quantitative estimate of drug-likeness (QED) is 0.821. The van der Waals surface area contributed by atoms with Gasteiger partial charge in [0.2, 0.25) is 0 Å². The average molecular weight is 370 g/mol. The minimum absolute atomic E-state index is 0.112. The summed E-state index contributed by atoms with van der Waals surface area (Å²) in [5.74, 6) is -0.621. The number of aromatic nitrogens is 1. The Morgan fingerprint density at radius 2 is 1.89 bits per heavy atom. The fourth-order valence-electron chi connectivity index (χ4n) is 3.72. The van der Waals surface area contributed by atoms with Gasteiger partial charge in [0.25, 0.3) is 5.56 Å². The molecule has 1 saturated heterocycles. The molecule has 0 spiro atoms. The number of fused-ring (bicyclic) bond motifs is 1. The zero-order valence-electron chi connectivity index (χ0n) is 15.2. The molecule has 142 valence electrons. The number of esters is 1. The molecule has 2 aliphatic heterocycles. The first-order valence-electron chi connectivity index (χ1n) is 9.09. The second-order valence-electron chi connectivity index (χ2n) is 6.87. The van der Waals surface area contributed by atoms with Crippen molar-refractivity contribution in [2.24, 2.45) is 0 Å². The summed E-state index contributed by atoms with van der Waals surface area (Å²) in [6.45, 7) is 6.08. The van der Waals surface area contributed by atoms with Crippen LogP contribution in [0, 0.1) is 6.92 Å². The van der Waals surface area contributed by atoms with Gasteiger partial charge in [-0.3, -0.25) is 9.69 Å². The lowest BCUT2D eigenvalue weighted by molar-refractivity contribution is 0.0361. The van der Waals surface area contributed by atoms with Gasteiger partial charge in [-0.1, -0.05) is 18.2 Å². The van der Waals surface area contributed by atoms with E-state index < -0.39 is 12.1 Å². The maximum Gasteiger partial charge on any atom is 0.339 e. The van der Waals surface area contributed by atoms with E-state index in [1.807, 2.05) is 0 Å². The Morgan fingerprint density at radius 3 is 2.67 bits per heavy atom. The van der Waals surface area contributed by atoms with Crippen LogP contribution in [0.4, 0.5) is 0 Å². The highest BCUT2D eigenvalue weighted by Gasteiger charge is 2.36. The van der Waals surface area contributed by atoms with Gasteiger partial charge < -0.3 is 19.1 Å². The van der Waals surface area contributed by atoms with E-state index in [4.69, 9.17) is 9.47 Å². The zero-order valence-corrected chi connectivity index (χ0v) is 15.2. The monoisotopic (exact) mass is 370 g/mol. The molecule has 0 bridgehead atoms. The summed E-state index contributed by atoms with van der Waals surface area (Å²) < 4.78 is 12.4. The van der Waals surface area contributed by atoms with Gasteiger partial charge in [0.05, 0.1) is 18.8 Å². The van der Waals surface area contributed by atoms with Crippen LogP contribution in [-0.2, 0) is 16.0 Å². The number of morpholine rings is 1. The summed E-state index contributed by atoms with van der Waals surface area (Å²) >= 11 is 0. The molecule has 4 rings (SSSR count). The fraction of sp³-hybridized carbons (Fsp3) is 0.400. The third-order valence-corrected chi connectivity index (χ3v) is 5.22. The number of carbonyl (C=O) groups excluding carboxylic acids is 1. The van der Waals surface area contributed by atoms with Crippen LogP contribution in [0.1, 0.15) is 33.3 Å². The molecule has 27 heavy (non-hydrogen) atoms. The maximum atomic E-state index is 13.2. The van der Waals surface area contributed by atoms with Crippen LogP contribution in [-0.4, -0.2) is 53.4 Å². The topological polar surface area (TPSA) is 81.0 Å². The third kappa shape index (κ3) is 3.24. The smallest absolute Gasteiger partial charge is 0.339 e. The van der Waals surface area contributed by atoms with Crippen molar-refractivity contribution in [3.63, 3.8) is 0 Å². The number of carbonyl (C=O) groups is 1. The number of hydrogen-bond donors (Lipinski definition) is 1. The van der Waals surface area contributed by atoms with Crippen molar-refractivity contribution in [1.29, 1.82) is 0 Å². The molecule has 7 heteroatoms. The minimum Gasteiger partial charge on any atom is -0.507 e. The lowest BCUT2D eigenvalue weighted by Gasteiger charge is -2.27. The Labute approximate surface area is 156 Å². The first-order valence-corrected chi connectivity index (χ1v) is 9.09. The van der Waals surface area contributed by atoms with Crippen molar-refractivity contribution >= 4 is 5.97 Å². The standard InChI is InChI=1S/C20H22N2O5/c1-13-12-16(23)17(18-14-4-2-3-5-15(14)20(25)27-18)19(24)22(13)7-6-21-8-10-26-11-9-21/h2-5,12,18,23H,6-11H2,1H3. The van der Waals surface area contributed by atoms with Crippen molar-refractivity contribution < 1.29 is 19.4 Å². The number of nitrogens with zero attached hydrogens (tertiary/aromatic N) is 2. The second-order valence-corrected chi connectivity index (χ2v) is 6.87. The molecule has 7 nitrogen and oxygen atoms in total. The van der Waals surface area contributed by atoms with Crippen molar-refractivity contribution in [2.75, 3.05) is 32.8 Å². The number of pyridine rings is 1. The molecule has 0 aliphatic carbocycles. The predicted octanol–water partition coefficient (Wildman–Crippen LogP) is 1.45. The van der Waals surface area contributed by atoms with Gasteiger partial charge in [-0.25, -0.2) is 4.79 Å². The van der Waals surface area contributed by atoms with Gasteiger partial charge in [0.15, 0.2) is 6.10 Å². The minimum atomic E-state index is -0.878. The van der Waals surface area contributed by atoms with Gasteiger partial charge in [-0.2, -0.15) is 0 Å². The highest BCUT2D eigenvalue weighted by Crippen LogP contribution is 2.37. The Hall–Kier alpha value is -2.64. The number of rotatable bonds is 4. The van der Waals surface area contributed by atoms with Crippen molar-refractivity contribution in [3.8, 4) is 5.75 Å². The van der Waals surface area contributed by atoms with Crippen LogP contribution in [0.2, 0.25) is 0 Å². The summed E-state index contributed by atoms with van der Waals surface area (Å²) in [6, 6.07) is 8.51. The fourth-order valence-corrected chi connectivity index (χ4v) is 3.72. The van der Waals surface area contributed by atoms with E-state index in [2.05, 4.69) is 4.90 Å². The summed E-state index contributed by atoms with van der Waals surface area (Å²) in [6.07, 6.45) is -0.878. The van der Waals surface area contributed by atoms with Gasteiger partial charge in [-0.15, -0.1) is 0 Å². The molecule has 1 N–H and O–H groups in total. The van der Waals surface area contributed by atoms with Gasteiger partial charge in [0, 0.05) is 37.4 Å². The first-order chi connectivity index (χ1) is 13.1. The number of benzene rings is 1. The van der Waals surface area contributed by atoms with Gasteiger partial charge in [-0.05, 0) is 19.1 Å². The van der Waals surface area contributed by atoms with E-state index in [-0.39, 0.29) is 16.9 Å². The highest BCUT2D eigenvalue weighted by atomic mass is 16.5. The molecule has 1 aromatic carbocycles. The lowest BCUT2D eigenvalue weighted by Crippen LogP contribution is -2.40. The van der Waals surface area contributed by atoms with Crippen LogP contribution < -0.4 is 5.56 Å². The van der Waals surface area contributed by atoms with Gasteiger partial charge >= 0.3 is 5.97 Å². The molecule has 0 radical (unpaired) electrons. The van der Waals surface area contributed by atoms with Crippen LogP contribution >= 0.6 is 0 Å². The van der Waals surface area contributed by atoms with E-state index in [0.29, 0.717) is 36.6 Å². The van der Waals surface area contributed by atoms with Crippen LogP contribution in [0.25, 0.3) is 0 Å². The molecular weight excluding hydrogens is 348 g/mol. The largest absolute Gasteiger partial charge is 0.507 e. The second kappa shape index (κ2) is 7.17. The first kappa shape index (κ1) is 17.8. The molecule has 1 atom stereocenters. The van der Waals surface area contributed by atoms with Crippen LogP contribution in [0.15, 0.2) is 35.1 Å². The summed E-state index contributed by atoms with van der Waals surface area (Å²) in [4.78, 5) is 27.5. The van der Waals surface area contributed by atoms with Crippen molar-refractivity contribution in [3.05, 3.63) is 63.1 Å². The number of hydrogen-bond acceptors (Lipinski definition) is 6. The SMILES string of the molecule is Cc1cc(O)c(C2OC(=O)c3ccccc32)c(=O)n1CCN1CCOCC1. The average Bonchev–Trinajstić information content (AvgIpc) is 2.99. The van der Waals surface area contributed by atoms with Crippen molar-refractivity contribution in [2.45, 2.75) is 19.6 Å². The van der Waals surface area contributed by atoms with E-state index in [1.165, 1.54) is 0 Å². The molecule has 2 aliphatic rings. The van der Waals surface area contributed by atoms with Gasteiger partial charge in [0.1, 0.15) is 11.3 Å². The zero-order chi connectivity index (χ0) is 19.0. The van der Waals surface area contributed by atoms with Crippen LogP contribution in [0.3, 0.4) is 0 Å². The van der Waals surface area contributed by atoms with E-state index in [9.17, 15) is 14.7 Å². The lowest BCUT2D eigenvalue weighted by atomic mass is 9.99. The number of aromatic hydroxyl groups is 1. The molecule has 3 heterocycles. The van der Waals surface area contributed by atoms with Crippen LogP contribution in [0.5, 0.6) is 5.75 Å². The summed E-state index contributed by atoms with van der Waals surface area (Å²) in [5.41, 5.74) is 1.50. The number of cyclic esters (lactones) is 1. The molecule has 2 aromatic rings.